The molecule has 0 bridgehead atoms. The van der Waals surface area contributed by atoms with E-state index in [9.17, 15) is 0 Å². The first kappa shape index (κ1) is 24.2. The third kappa shape index (κ3) is 6.05. The van der Waals surface area contributed by atoms with Crippen LogP contribution in [0.3, 0.4) is 0 Å². The largest absolute Gasteiger partial charge is 0.496 e. The van der Waals surface area contributed by atoms with Crippen molar-refractivity contribution in [2.45, 2.75) is 47.2 Å². The second-order valence-electron chi connectivity index (χ2n) is 8.73. The number of halogens is 1. The highest BCUT2D eigenvalue weighted by molar-refractivity contribution is 6.30. The maximum absolute atomic E-state index is 6.22. The van der Waals surface area contributed by atoms with E-state index in [2.05, 4.69) is 64.1 Å². The molecule has 0 aliphatic heterocycles. The topological polar surface area (TPSA) is 22.9 Å². The minimum atomic E-state index is 0.798. The van der Waals surface area contributed by atoms with Gasteiger partial charge in [0, 0.05) is 22.6 Å². The predicted molar refractivity (Wildman–Crippen MR) is 133 cm³/mol. The highest BCUT2D eigenvalue weighted by Crippen LogP contribution is 2.23. The Hall–Kier alpha value is -2.49. The van der Waals surface area contributed by atoms with Crippen molar-refractivity contribution in [3.8, 4) is 11.5 Å². The van der Waals surface area contributed by atoms with Gasteiger partial charge in [-0.3, -0.25) is 0 Å². The maximum atomic E-state index is 6.22. The first-order chi connectivity index (χ1) is 15.3. The summed E-state index contributed by atoms with van der Waals surface area (Å²) in [6.45, 7) is 11.5. The lowest BCUT2D eigenvalue weighted by atomic mass is 10.0. The molecule has 3 nitrogen and oxygen atoms in total. The molecule has 0 aromatic heterocycles. The summed E-state index contributed by atoms with van der Waals surface area (Å²) in [5.41, 5.74) is 8.92. The first-order valence-electron chi connectivity index (χ1n) is 11.2. The molecule has 170 valence electrons. The smallest absolute Gasteiger partial charge is 0.122 e. The molecule has 0 atom stereocenters. The fraction of sp³-hybridized carbons (Fsp3) is 0.357. The molecule has 0 saturated heterocycles. The zero-order valence-corrected chi connectivity index (χ0v) is 20.9. The summed E-state index contributed by atoms with van der Waals surface area (Å²) < 4.78 is 11.0. The van der Waals surface area contributed by atoms with Gasteiger partial charge in [-0.1, -0.05) is 23.7 Å². The molecular formula is C28H35ClNO2+. The minimum Gasteiger partial charge on any atom is -0.496 e. The van der Waals surface area contributed by atoms with Gasteiger partial charge in [-0.2, -0.15) is 0 Å². The molecule has 0 heterocycles. The van der Waals surface area contributed by atoms with Crippen molar-refractivity contribution in [2.24, 2.45) is 0 Å². The summed E-state index contributed by atoms with van der Waals surface area (Å²) in [7, 11) is 3.47. The normalized spacial score (nSPS) is 11.1. The van der Waals surface area contributed by atoms with Gasteiger partial charge in [0.2, 0.25) is 0 Å². The van der Waals surface area contributed by atoms with Crippen LogP contribution >= 0.6 is 11.6 Å². The predicted octanol–water partition coefficient (Wildman–Crippen LogP) is 5.42. The van der Waals surface area contributed by atoms with Gasteiger partial charge in [-0.25, -0.2) is 0 Å². The lowest BCUT2D eigenvalue weighted by molar-refractivity contribution is -0.927. The van der Waals surface area contributed by atoms with Crippen molar-refractivity contribution in [3.05, 3.63) is 92.5 Å². The van der Waals surface area contributed by atoms with Gasteiger partial charge in [-0.05, 0) is 91.9 Å². The fourth-order valence-electron chi connectivity index (χ4n) is 4.31. The lowest BCUT2D eigenvalue weighted by Crippen LogP contribution is -3.09. The van der Waals surface area contributed by atoms with Crippen LogP contribution in [0.2, 0.25) is 5.02 Å². The standard InChI is InChI=1S/C28H34ClNO2/c1-19-14-27(31-5)21(3)12-24(19)17-30(11-10-23-8-7-9-26(29)16-23)18-25-13-22(4)28(32-6)15-20(25)2/h7-9,12-16H,10-11,17-18H2,1-6H3/p+1. The molecule has 0 unspecified atom stereocenters. The van der Waals surface area contributed by atoms with E-state index < -0.39 is 0 Å². The number of quaternary nitrogens is 1. The zero-order valence-electron chi connectivity index (χ0n) is 20.1. The number of hydrogen-bond donors (Lipinski definition) is 1. The second-order valence-corrected chi connectivity index (χ2v) is 9.17. The summed E-state index contributed by atoms with van der Waals surface area (Å²) in [5.74, 6) is 1.90. The van der Waals surface area contributed by atoms with Gasteiger partial charge < -0.3 is 14.4 Å². The van der Waals surface area contributed by atoms with Crippen molar-refractivity contribution in [1.29, 1.82) is 0 Å². The molecular weight excluding hydrogens is 418 g/mol. The van der Waals surface area contributed by atoms with Crippen LogP contribution in [0.5, 0.6) is 11.5 Å². The molecule has 32 heavy (non-hydrogen) atoms. The molecule has 0 amide bonds. The first-order valence-corrected chi connectivity index (χ1v) is 11.5. The Morgan fingerprint density at radius 2 is 1.25 bits per heavy atom. The number of hydrogen-bond acceptors (Lipinski definition) is 2. The van der Waals surface area contributed by atoms with E-state index in [1.165, 1.54) is 43.8 Å². The van der Waals surface area contributed by atoms with E-state index >= 15 is 0 Å². The van der Waals surface area contributed by atoms with Gasteiger partial charge in [0.15, 0.2) is 0 Å². The van der Waals surface area contributed by atoms with Crippen LogP contribution < -0.4 is 14.4 Å². The quantitative estimate of drug-likeness (QED) is 0.468. The molecule has 0 radical (unpaired) electrons. The fourth-order valence-corrected chi connectivity index (χ4v) is 4.52. The Labute approximate surface area is 197 Å². The van der Waals surface area contributed by atoms with Crippen molar-refractivity contribution in [3.63, 3.8) is 0 Å². The van der Waals surface area contributed by atoms with Crippen LogP contribution in [-0.4, -0.2) is 20.8 Å². The van der Waals surface area contributed by atoms with Crippen molar-refractivity contribution < 1.29 is 14.4 Å². The molecule has 0 aliphatic carbocycles. The van der Waals surface area contributed by atoms with Gasteiger partial charge >= 0.3 is 0 Å². The van der Waals surface area contributed by atoms with Gasteiger partial charge in [0.05, 0.1) is 20.8 Å². The van der Waals surface area contributed by atoms with Crippen LogP contribution in [0, 0.1) is 27.7 Å². The highest BCUT2D eigenvalue weighted by Gasteiger charge is 2.17. The van der Waals surface area contributed by atoms with Gasteiger partial charge in [0.1, 0.15) is 24.6 Å². The Morgan fingerprint density at radius 1 is 0.719 bits per heavy atom. The van der Waals surface area contributed by atoms with Crippen LogP contribution in [0.25, 0.3) is 0 Å². The molecule has 3 aromatic rings. The number of aryl methyl sites for hydroxylation is 4. The van der Waals surface area contributed by atoms with Crippen LogP contribution in [0.1, 0.15) is 38.9 Å². The number of ether oxygens (including phenoxy) is 2. The molecule has 0 saturated carbocycles. The third-order valence-electron chi connectivity index (χ3n) is 6.24. The van der Waals surface area contributed by atoms with E-state index in [-0.39, 0.29) is 0 Å². The Morgan fingerprint density at radius 3 is 1.72 bits per heavy atom. The number of nitrogens with one attached hydrogen (secondary N) is 1. The number of benzene rings is 3. The Kier molecular flexibility index (Phi) is 8.22. The average molecular weight is 453 g/mol. The van der Waals surface area contributed by atoms with E-state index in [1.54, 1.807) is 14.2 Å². The van der Waals surface area contributed by atoms with Crippen LogP contribution in [0.15, 0.2) is 48.5 Å². The summed E-state index contributed by atoms with van der Waals surface area (Å²) in [6.07, 6.45) is 0.984. The Balaban J connectivity index is 1.87. The SMILES string of the molecule is COc1cc(C)c(C[NH+](CCc2cccc(Cl)c2)Cc2cc(C)c(OC)cc2C)cc1C. The monoisotopic (exact) mass is 452 g/mol. The molecule has 0 spiro atoms. The van der Waals surface area contributed by atoms with Crippen molar-refractivity contribution >= 4 is 11.6 Å². The minimum absolute atomic E-state index is 0.798. The van der Waals surface area contributed by atoms with Crippen LogP contribution in [0.4, 0.5) is 0 Å². The zero-order chi connectivity index (χ0) is 23.3. The van der Waals surface area contributed by atoms with Crippen molar-refractivity contribution in [1.82, 2.24) is 0 Å². The van der Waals surface area contributed by atoms with E-state index in [0.29, 0.717) is 0 Å². The summed E-state index contributed by atoms with van der Waals surface area (Å²) >= 11 is 6.22. The van der Waals surface area contributed by atoms with E-state index in [0.717, 1.165) is 42.6 Å². The lowest BCUT2D eigenvalue weighted by Gasteiger charge is -2.23. The van der Waals surface area contributed by atoms with Crippen molar-refractivity contribution in [2.75, 3.05) is 20.8 Å². The average Bonchev–Trinajstić information content (AvgIpc) is 2.76. The third-order valence-corrected chi connectivity index (χ3v) is 6.48. The highest BCUT2D eigenvalue weighted by atomic mass is 35.5. The summed E-state index contributed by atoms with van der Waals surface area (Å²) in [6, 6.07) is 17.1. The number of rotatable bonds is 9. The maximum Gasteiger partial charge on any atom is 0.122 e. The van der Waals surface area contributed by atoms with Crippen LogP contribution in [-0.2, 0) is 19.5 Å². The summed E-state index contributed by atoms with van der Waals surface area (Å²) in [5, 5.41) is 0.798. The van der Waals surface area contributed by atoms with E-state index in [4.69, 9.17) is 21.1 Å². The molecule has 1 N–H and O–H groups in total. The molecule has 3 rings (SSSR count). The summed E-state index contributed by atoms with van der Waals surface area (Å²) in [4.78, 5) is 1.52. The molecule has 0 aliphatic rings. The second kappa shape index (κ2) is 10.9. The van der Waals surface area contributed by atoms with Gasteiger partial charge in [0.25, 0.3) is 0 Å². The van der Waals surface area contributed by atoms with Gasteiger partial charge in [-0.15, -0.1) is 0 Å². The Bertz CT molecular complexity index is 1020. The molecule has 0 fully saturated rings. The molecule has 4 heteroatoms. The molecule has 3 aromatic carbocycles. The van der Waals surface area contributed by atoms with E-state index in [1.807, 2.05) is 12.1 Å². The number of methoxy groups -OCH3 is 2.